The van der Waals surface area contributed by atoms with E-state index in [0.29, 0.717) is 6.61 Å². The number of ether oxygens (including phenoxy) is 2. The Morgan fingerprint density at radius 3 is 2.65 bits per heavy atom. The van der Waals surface area contributed by atoms with Crippen LogP contribution in [0, 0.1) is 10.1 Å². The van der Waals surface area contributed by atoms with Gasteiger partial charge in [-0.15, -0.1) is 0 Å². The summed E-state index contributed by atoms with van der Waals surface area (Å²) < 4.78 is 11.1. The zero-order valence-electron chi connectivity index (χ0n) is 12.1. The number of carbonyl (C=O) groups excluding carboxylic acids is 1. The van der Waals surface area contributed by atoms with Gasteiger partial charge in [0.1, 0.15) is 12.9 Å². The zero-order chi connectivity index (χ0) is 15.3. The molecule has 9 heteroatoms. The number of hydrogen-bond donors (Lipinski definition) is 0. The Labute approximate surface area is 117 Å². The van der Waals surface area contributed by atoms with Crippen LogP contribution in [0.5, 0.6) is 0 Å². The largest absolute Gasteiger partial charge is 0.464 e. The number of carbonyl (C=O) groups is 1. The number of methoxy groups -OCH3 is 1. The lowest BCUT2D eigenvalue weighted by Gasteiger charge is -2.15. The van der Waals surface area contributed by atoms with Crippen LogP contribution in [0.4, 0.5) is 5.69 Å². The van der Waals surface area contributed by atoms with Gasteiger partial charge in [-0.3, -0.25) is 10.1 Å². The molecule has 0 radical (unpaired) electrons. The van der Waals surface area contributed by atoms with E-state index in [2.05, 4.69) is 29.5 Å². The average molecular weight is 301 g/mol. The van der Waals surface area contributed by atoms with E-state index in [9.17, 15) is 14.9 Å². The molecule has 8 nitrogen and oxygen atoms in total. The fourth-order valence-corrected chi connectivity index (χ4v) is 2.15. The summed E-state index contributed by atoms with van der Waals surface area (Å²) in [6.07, 6.45) is 1.17. The van der Waals surface area contributed by atoms with Crippen molar-refractivity contribution in [2.75, 3.05) is 13.7 Å². The fraction of sp³-hybridized carbons (Fsp3) is 0.636. The molecule has 0 aromatic carbocycles. The maximum absolute atomic E-state index is 11.4. The van der Waals surface area contributed by atoms with Gasteiger partial charge in [0.05, 0.1) is 12.0 Å². The van der Waals surface area contributed by atoms with Gasteiger partial charge in [0.15, 0.2) is 0 Å². The summed E-state index contributed by atoms with van der Waals surface area (Å²) in [5, 5.41) is 14.6. The zero-order valence-corrected chi connectivity index (χ0v) is 13.1. The topological polar surface area (TPSA) is 96.5 Å². The van der Waals surface area contributed by atoms with E-state index in [-0.39, 0.29) is 18.1 Å². The molecule has 1 aromatic rings. The molecule has 0 aliphatic rings. The Morgan fingerprint density at radius 1 is 1.50 bits per heavy atom. The molecule has 0 saturated carbocycles. The van der Waals surface area contributed by atoms with Crippen LogP contribution in [-0.2, 0) is 16.2 Å². The molecule has 0 aliphatic heterocycles. The van der Waals surface area contributed by atoms with Crippen molar-refractivity contribution in [3.8, 4) is 0 Å². The minimum absolute atomic E-state index is 0.0717. The molecule has 0 bridgehead atoms. The lowest BCUT2D eigenvalue weighted by molar-refractivity contribution is -0.385. The van der Waals surface area contributed by atoms with Gasteiger partial charge >= 0.3 is 11.7 Å². The van der Waals surface area contributed by atoms with Crippen LogP contribution in [0.2, 0.25) is 25.7 Å². The third kappa shape index (κ3) is 4.74. The van der Waals surface area contributed by atoms with Gasteiger partial charge in [0.25, 0.3) is 0 Å². The Morgan fingerprint density at radius 2 is 2.15 bits per heavy atom. The summed E-state index contributed by atoms with van der Waals surface area (Å²) in [6, 6.07) is 0.986. The highest BCUT2D eigenvalue weighted by molar-refractivity contribution is 6.76. The first-order valence-corrected chi connectivity index (χ1v) is 9.83. The molecule has 1 aromatic heterocycles. The van der Waals surface area contributed by atoms with Crippen molar-refractivity contribution < 1.29 is 19.2 Å². The summed E-state index contributed by atoms with van der Waals surface area (Å²) >= 11 is 0. The van der Waals surface area contributed by atoms with E-state index in [4.69, 9.17) is 4.74 Å². The Kier molecular flexibility index (Phi) is 5.40. The number of esters is 1. The maximum atomic E-state index is 11.4. The quantitative estimate of drug-likeness (QED) is 0.251. The summed E-state index contributed by atoms with van der Waals surface area (Å²) in [4.78, 5) is 21.5. The monoisotopic (exact) mass is 301 g/mol. The number of nitrogens with zero attached hydrogens (tertiary/aromatic N) is 3. The van der Waals surface area contributed by atoms with Gasteiger partial charge in [-0.25, -0.2) is 9.48 Å². The first-order chi connectivity index (χ1) is 9.24. The molecule has 1 heterocycles. The highest BCUT2D eigenvalue weighted by atomic mass is 28.3. The van der Waals surface area contributed by atoms with Crippen molar-refractivity contribution >= 4 is 19.7 Å². The summed E-state index contributed by atoms with van der Waals surface area (Å²) in [5.41, 5.74) is -0.697. The molecular formula is C11H19N3O5Si. The van der Waals surface area contributed by atoms with Crippen molar-refractivity contribution in [3.05, 3.63) is 22.0 Å². The molecule has 0 atom stereocenters. The van der Waals surface area contributed by atoms with Crippen LogP contribution >= 0.6 is 0 Å². The van der Waals surface area contributed by atoms with Crippen LogP contribution in [0.3, 0.4) is 0 Å². The smallest absolute Gasteiger partial charge is 0.365 e. The van der Waals surface area contributed by atoms with Crippen molar-refractivity contribution in [1.82, 2.24) is 9.78 Å². The normalized spacial score (nSPS) is 11.4. The number of nitro groups is 1. The molecule has 0 amide bonds. The molecule has 0 unspecified atom stereocenters. The third-order valence-electron chi connectivity index (χ3n) is 2.54. The molecule has 0 spiro atoms. The molecule has 0 aliphatic carbocycles. The number of hydrogen-bond acceptors (Lipinski definition) is 6. The van der Waals surface area contributed by atoms with E-state index < -0.39 is 19.0 Å². The first kappa shape index (κ1) is 16.3. The van der Waals surface area contributed by atoms with Gasteiger partial charge in [-0.1, -0.05) is 19.6 Å². The Balaban J connectivity index is 2.68. The fourth-order valence-electron chi connectivity index (χ4n) is 1.39. The van der Waals surface area contributed by atoms with Gasteiger partial charge in [0, 0.05) is 14.7 Å². The Bertz CT molecular complexity index is 495. The van der Waals surface area contributed by atoms with Gasteiger partial charge in [-0.2, -0.15) is 5.10 Å². The third-order valence-corrected chi connectivity index (χ3v) is 4.24. The first-order valence-electron chi connectivity index (χ1n) is 6.12. The Hall–Kier alpha value is -1.74. The molecule has 0 saturated heterocycles. The van der Waals surface area contributed by atoms with Gasteiger partial charge in [0.2, 0.25) is 5.69 Å². The molecule has 112 valence electrons. The van der Waals surface area contributed by atoms with E-state index in [1.807, 2.05) is 0 Å². The predicted molar refractivity (Wildman–Crippen MR) is 74.3 cm³/mol. The highest BCUT2D eigenvalue weighted by Gasteiger charge is 2.26. The van der Waals surface area contributed by atoms with Gasteiger partial charge in [-0.05, 0) is 6.04 Å². The second-order valence-electron chi connectivity index (χ2n) is 5.50. The minimum Gasteiger partial charge on any atom is -0.464 e. The van der Waals surface area contributed by atoms with E-state index in [1.54, 1.807) is 0 Å². The van der Waals surface area contributed by atoms with E-state index >= 15 is 0 Å². The van der Waals surface area contributed by atoms with Crippen molar-refractivity contribution in [2.24, 2.45) is 0 Å². The lowest BCUT2D eigenvalue weighted by Crippen LogP contribution is -2.22. The number of aromatic nitrogens is 2. The van der Waals surface area contributed by atoms with Crippen molar-refractivity contribution in [2.45, 2.75) is 32.4 Å². The minimum atomic E-state index is -1.18. The van der Waals surface area contributed by atoms with Crippen LogP contribution in [0.15, 0.2) is 6.20 Å². The molecule has 0 fully saturated rings. The lowest BCUT2D eigenvalue weighted by atomic mass is 10.4. The van der Waals surface area contributed by atoms with Crippen LogP contribution in [-0.4, -0.2) is 42.5 Å². The van der Waals surface area contributed by atoms with Crippen LogP contribution in [0.1, 0.15) is 10.5 Å². The van der Waals surface area contributed by atoms with Gasteiger partial charge < -0.3 is 9.47 Å². The molecule has 20 heavy (non-hydrogen) atoms. The molecular weight excluding hydrogens is 282 g/mol. The second kappa shape index (κ2) is 6.62. The summed E-state index contributed by atoms with van der Waals surface area (Å²) in [6.45, 7) is 7.32. The summed E-state index contributed by atoms with van der Waals surface area (Å²) in [7, 11) is -0.0313. The van der Waals surface area contributed by atoms with Crippen molar-refractivity contribution in [1.29, 1.82) is 0 Å². The highest BCUT2D eigenvalue weighted by Crippen LogP contribution is 2.17. The molecule has 1 rings (SSSR count). The van der Waals surface area contributed by atoms with E-state index in [1.165, 1.54) is 10.9 Å². The second-order valence-corrected chi connectivity index (χ2v) is 11.1. The average Bonchev–Trinajstić information content (AvgIpc) is 2.77. The van der Waals surface area contributed by atoms with Crippen molar-refractivity contribution in [3.63, 3.8) is 0 Å². The SMILES string of the molecule is COC(=O)c1nn(COCC[Si](C)(C)C)cc1[N+](=O)[O-]. The van der Waals surface area contributed by atoms with E-state index in [0.717, 1.165) is 13.2 Å². The molecule has 0 N–H and O–H groups in total. The predicted octanol–water partition coefficient (Wildman–Crippen LogP) is 1.89. The van der Waals surface area contributed by atoms with Crippen LogP contribution < -0.4 is 0 Å². The maximum Gasteiger partial charge on any atom is 0.365 e. The summed E-state index contributed by atoms with van der Waals surface area (Å²) in [5.74, 6) is -0.836. The number of rotatable bonds is 7. The van der Waals surface area contributed by atoms with Crippen LogP contribution in [0.25, 0.3) is 0 Å². The standard InChI is InChI=1S/C11H19N3O5Si/c1-18-11(15)10-9(14(16)17)7-13(12-10)8-19-5-6-20(2,3)4/h7H,5-6,8H2,1-4H3.